The highest BCUT2D eigenvalue weighted by Crippen LogP contribution is 2.45. The normalized spacial score (nSPS) is 44.2. The molecular formula is C12H20O6. The number of fused-ring (bicyclic) bond motifs is 1. The average Bonchev–Trinajstić information content (AvgIpc) is 2.86. The smallest absolute Gasteiger partial charge is 0.190 e. The molecule has 3 aliphatic rings. The molecule has 1 aliphatic carbocycles. The van der Waals surface area contributed by atoms with Crippen LogP contribution in [-0.2, 0) is 14.2 Å². The van der Waals surface area contributed by atoms with Crippen molar-refractivity contribution >= 4 is 0 Å². The molecule has 0 aromatic carbocycles. The van der Waals surface area contributed by atoms with E-state index in [0.29, 0.717) is 0 Å². The summed E-state index contributed by atoms with van der Waals surface area (Å²) in [6.07, 6.45) is 0.824. The highest BCUT2D eigenvalue weighted by atomic mass is 16.8. The number of aliphatic hydroxyl groups is 3. The molecule has 3 fully saturated rings. The Balaban J connectivity index is 1.68. The minimum atomic E-state index is -1.11. The van der Waals surface area contributed by atoms with Crippen LogP contribution >= 0.6 is 0 Å². The molecule has 0 aromatic rings. The monoisotopic (exact) mass is 260 g/mol. The van der Waals surface area contributed by atoms with E-state index in [1.54, 1.807) is 0 Å². The summed E-state index contributed by atoms with van der Waals surface area (Å²) >= 11 is 0. The van der Waals surface area contributed by atoms with Crippen LogP contribution in [0.15, 0.2) is 0 Å². The Morgan fingerprint density at radius 1 is 1.17 bits per heavy atom. The van der Waals surface area contributed by atoms with Crippen LogP contribution in [0.2, 0.25) is 0 Å². The molecule has 1 spiro atoms. The Bertz CT molecular complexity index is 303. The summed E-state index contributed by atoms with van der Waals surface area (Å²) in [4.78, 5) is 0. The lowest BCUT2D eigenvalue weighted by Gasteiger charge is -2.33. The van der Waals surface area contributed by atoms with E-state index in [-0.39, 0.29) is 0 Å². The fourth-order valence-electron chi connectivity index (χ4n) is 3.12. The maximum absolute atomic E-state index is 10.1. The minimum absolute atomic E-state index is 0.452. The lowest BCUT2D eigenvalue weighted by atomic mass is 9.94. The van der Waals surface area contributed by atoms with Gasteiger partial charge in [0.2, 0.25) is 0 Å². The molecule has 3 N–H and O–H groups in total. The number of aliphatic hydroxyl groups excluding tert-OH is 3. The maximum atomic E-state index is 10.1. The van der Waals surface area contributed by atoms with Gasteiger partial charge in [-0.05, 0) is 12.8 Å². The van der Waals surface area contributed by atoms with Gasteiger partial charge in [-0.2, -0.15) is 0 Å². The Hall–Kier alpha value is -0.240. The molecule has 1 unspecified atom stereocenters. The Morgan fingerprint density at radius 3 is 2.50 bits per heavy atom. The molecule has 0 aromatic heterocycles. The maximum Gasteiger partial charge on any atom is 0.190 e. The molecule has 3 rings (SSSR count). The SMILES string of the molecule is OCC(O)[C@H]1O[C@@H]2OC3(CCCCC3)O[C@@H]2[C@H]1O. The highest BCUT2D eigenvalue weighted by molar-refractivity contribution is 4.97. The van der Waals surface area contributed by atoms with Crippen molar-refractivity contribution in [2.45, 2.75) is 68.6 Å². The van der Waals surface area contributed by atoms with Crippen molar-refractivity contribution in [2.24, 2.45) is 0 Å². The van der Waals surface area contributed by atoms with E-state index >= 15 is 0 Å². The summed E-state index contributed by atoms with van der Waals surface area (Å²) < 4.78 is 17.1. The molecule has 18 heavy (non-hydrogen) atoms. The third-order valence-corrected chi connectivity index (χ3v) is 4.10. The molecular weight excluding hydrogens is 240 g/mol. The first-order chi connectivity index (χ1) is 8.65. The molecule has 2 saturated heterocycles. The summed E-state index contributed by atoms with van der Waals surface area (Å²) in [6.45, 7) is -0.452. The summed E-state index contributed by atoms with van der Waals surface area (Å²) in [5.74, 6) is -0.607. The van der Waals surface area contributed by atoms with Gasteiger partial charge < -0.3 is 29.5 Å². The zero-order chi connectivity index (χ0) is 12.8. The van der Waals surface area contributed by atoms with Crippen LogP contribution < -0.4 is 0 Å². The Morgan fingerprint density at radius 2 is 1.89 bits per heavy atom. The van der Waals surface area contributed by atoms with E-state index < -0.39 is 43.1 Å². The largest absolute Gasteiger partial charge is 0.394 e. The summed E-state index contributed by atoms with van der Waals surface area (Å²) in [7, 11) is 0. The lowest BCUT2D eigenvalue weighted by molar-refractivity contribution is -0.254. The number of hydrogen-bond acceptors (Lipinski definition) is 6. The second kappa shape index (κ2) is 4.70. The van der Waals surface area contributed by atoms with Crippen molar-refractivity contribution in [3.05, 3.63) is 0 Å². The molecule has 2 aliphatic heterocycles. The van der Waals surface area contributed by atoms with E-state index in [2.05, 4.69) is 0 Å². The van der Waals surface area contributed by atoms with Crippen molar-refractivity contribution in [3.63, 3.8) is 0 Å². The molecule has 6 nitrogen and oxygen atoms in total. The third kappa shape index (κ3) is 1.97. The predicted octanol–water partition coefficient (Wildman–Crippen LogP) is -0.499. The van der Waals surface area contributed by atoms with E-state index in [9.17, 15) is 10.2 Å². The first-order valence-electron chi connectivity index (χ1n) is 6.63. The van der Waals surface area contributed by atoms with E-state index in [0.717, 1.165) is 25.7 Å². The van der Waals surface area contributed by atoms with Crippen LogP contribution in [0, 0.1) is 0 Å². The molecule has 0 bridgehead atoms. The lowest BCUT2D eigenvalue weighted by Crippen LogP contribution is -2.43. The first kappa shape index (κ1) is 12.8. The number of rotatable bonds is 2. The van der Waals surface area contributed by atoms with Gasteiger partial charge in [-0.15, -0.1) is 0 Å². The van der Waals surface area contributed by atoms with E-state index in [1.807, 2.05) is 0 Å². The highest BCUT2D eigenvalue weighted by Gasteiger charge is 2.58. The summed E-state index contributed by atoms with van der Waals surface area (Å²) in [5, 5.41) is 28.5. The molecule has 104 valence electrons. The van der Waals surface area contributed by atoms with Gasteiger partial charge in [-0.25, -0.2) is 0 Å². The van der Waals surface area contributed by atoms with Crippen LogP contribution in [-0.4, -0.2) is 58.4 Å². The van der Waals surface area contributed by atoms with Crippen LogP contribution in [0.3, 0.4) is 0 Å². The van der Waals surface area contributed by atoms with Gasteiger partial charge >= 0.3 is 0 Å². The molecule has 2 heterocycles. The van der Waals surface area contributed by atoms with Crippen LogP contribution in [0.1, 0.15) is 32.1 Å². The van der Waals surface area contributed by atoms with Crippen LogP contribution in [0.4, 0.5) is 0 Å². The zero-order valence-corrected chi connectivity index (χ0v) is 10.2. The minimum Gasteiger partial charge on any atom is -0.394 e. The third-order valence-electron chi connectivity index (χ3n) is 4.10. The standard InChI is InChI=1S/C12H20O6/c13-6-7(14)9-8(15)10-11(16-9)18-12(17-10)4-2-1-3-5-12/h7-11,13-15H,1-6H2/t7?,8-,9+,10+,11+/m0/s1. The molecule has 5 atom stereocenters. The molecule has 0 radical (unpaired) electrons. The molecule has 6 heteroatoms. The topological polar surface area (TPSA) is 88.4 Å². The number of ether oxygens (including phenoxy) is 3. The fourth-order valence-corrected chi connectivity index (χ4v) is 3.12. The van der Waals surface area contributed by atoms with Gasteiger partial charge in [0.15, 0.2) is 12.1 Å². The van der Waals surface area contributed by atoms with Gasteiger partial charge in [-0.1, -0.05) is 6.42 Å². The predicted molar refractivity (Wildman–Crippen MR) is 59.5 cm³/mol. The Labute approximate surface area is 105 Å². The van der Waals surface area contributed by atoms with E-state index in [1.165, 1.54) is 6.42 Å². The summed E-state index contributed by atoms with van der Waals surface area (Å²) in [5.41, 5.74) is 0. The van der Waals surface area contributed by atoms with Crippen LogP contribution in [0.5, 0.6) is 0 Å². The van der Waals surface area contributed by atoms with Gasteiger partial charge in [0.1, 0.15) is 24.4 Å². The van der Waals surface area contributed by atoms with Crippen molar-refractivity contribution < 1.29 is 29.5 Å². The quantitative estimate of drug-likeness (QED) is 0.620. The van der Waals surface area contributed by atoms with Crippen molar-refractivity contribution in [1.29, 1.82) is 0 Å². The second-order valence-electron chi connectivity index (χ2n) is 5.38. The zero-order valence-electron chi connectivity index (χ0n) is 10.2. The van der Waals surface area contributed by atoms with Crippen molar-refractivity contribution in [2.75, 3.05) is 6.61 Å². The first-order valence-corrected chi connectivity index (χ1v) is 6.63. The van der Waals surface area contributed by atoms with Crippen molar-refractivity contribution in [3.8, 4) is 0 Å². The fraction of sp³-hybridized carbons (Fsp3) is 1.00. The van der Waals surface area contributed by atoms with Gasteiger partial charge in [0, 0.05) is 12.8 Å². The molecule has 1 saturated carbocycles. The second-order valence-corrected chi connectivity index (χ2v) is 5.38. The van der Waals surface area contributed by atoms with E-state index in [4.69, 9.17) is 19.3 Å². The van der Waals surface area contributed by atoms with Gasteiger partial charge in [0.05, 0.1) is 6.61 Å². The van der Waals surface area contributed by atoms with Gasteiger partial charge in [-0.3, -0.25) is 0 Å². The Kier molecular flexibility index (Phi) is 3.34. The van der Waals surface area contributed by atoms with Crippen molar-refractivity contribution in [1.82, 2.24) is 0 Å². The number of hydrogen-bond donors (Lipinski definition) is 3. The summed E-state index contributed by atoms with van der Waals surface area (Å²) in [6, 6.07) is 0. The van der Waals surface area contributed by atoms with Crippen LogP contribution in [0.25, 0.3) is 0 Å². The molecule has 0 amide bonds. The average molecular weight is 260 g/mol. The van der Waals surface area contributed by atoms with Gasteiger partial charge in [0.25, 0.3) is 0 Å².